The van der Waals surface area contributed by atoms with E-state index in [0.717, 1.165) is 12.1 Å². The Hall–Kier alpha value is -4.37. The van der Waals surface area contributed by atoms with Crippen molar-refractivity contribution in [2.24, 2.45) is 0 Å². The molecular weight excluding hydrogens is 473 g/mol. The molecule has 184 valence electrons. The van der Waals surface area contributed by atoms with Crippen LogP contribution >= 0.6 is 0 Å². The number of carbonyl (C=O) groups is 2. The van der Waals surface area contributed by atoms with Gasteiger partial charge in [-0.25, -0.2) is 0 Å². The number of aliphatic hydroxyl groups excluding tert-OH is 1. The summed E-state index contributed by atoms with van der Waals surface area (Å²) in [6.07, 6.45) is -1.33. The number of alkyl halides is 3. The Bertz CT molecular complexity index is 1340. The molecule has 9 heteroatoms. The minimum absolute atomic E-state index is 0.0351. The molecule has 0 bridgehead atoms. The van der Waals surface area contributed by atoms with Crippen molar-refractivity contribution in [3.05, 3.63) is 107 Å². The third kappa shape index (κ3) is 5.64. The molecule has 3 aromatic rings. The van der Waals surface area contributed by atoms with Crippen molar-refractivity contribution in [1.82, 2.24) is 0 Å². The fraction of sp³-hybridized carbons (Fsp3) is 0.111. The van der Waals surface area contributed by atoms with E-state index in [0.29, 0.717) is 33.6 Å². The van der Waals surface area contributed by atoms with E-state index in [4.69, 9.17) is 0 Å². The number of nitrogens with one attached hydrogen (secondary N) is 2. The smallest absolute Gasteiger partial charge is 0.416 e. The fourth-order valence-electron chi connectivity index (χ4n) is 3.79. The number of carbonyl (C=O) groups excluding carboxylic acids is 2. The van der Waals surface area contributed by atoms with Crippen molar-refractivity contribution in [2.45, 2.75) is 18.7 Å². The minimum Gasteiger partial charge on any atom is -0.508 e. The highest BCUT2D eigenvalue weighted by Gasteiger charge is 2.30. The van der Waals surface area contributed by atoms with Gasteiger partial charge in [-0.3, -0.25) is 9.59 Å². The van der Waals surface area contributed by atoms with E-state index in [1.54, 1.807) is 36.4 Å². The van der Waals surface area contributed by atoms with Crippen LogP contribution in [-0.4, -0.2) is 28.1 Å². The van der Waals surface area contributed by atoms with Crippen LogP contribution in [0.1, 0.15) is 22.3 Å². The lowest BCUT2D eigenvalue weighted by Gasteiger charge is -2.23. The number of fused-ring (bicyclic) bond motifs is 1. The second-order valence-electron chi connectivity index (χ2n) is 8.09. The number of halogens is 3. The summed E-state index contributed by atoms with van der Waals surface area (Å²) < 4.78 is 38.9. The molecule has 1 aliphatic rings. The van der Waals surface area contributed by atoms with Crippen LogP contribution in [0, 0.1) is 0 Å². The maximum Gasteiger partial charge on any atom is 0.416 e. The first kappa shape index (κ1) is 24.7. The van der Waals surface area contributed by atoms with E-state index in [1.165, 1.54) is 36.4 Å². The molecule has 0 saturated heterocycles. The van der Waals surface area contributed by atoms with Gasteiger partial charge >= 0.3 is 6.18 Å². The first-order valence-corrected chi connectivity index (χ1v) is 10.9. The lowest BCUT2D eigenvalue weighted by Crippen LogP contribution is -2.34. The number of hydrogen-bond donors (Lipinski definition) is 4. The van der Waals surface area contributed by atoms with E-state index >= 15 is 0 Å². The number of amides is 2. The quantitative estimate of drug-likeness (QED) is 0.300. The molecule has 0 radical (unpaired) electrons. The molecule has 6 nitrogen and oxygen atoms in total. The van der Waals surface area contributed by atoms with E-state index < -0.39 is 29.7 Å². The Morgan fingerprint density at radius 2 is 1.64 bits per heavy atom. The zero-order valence-electron chi connectivity index (χ0n) is 18.7. The number of anilines is 2. The normalized spacial score (nSPS) is 15.9. The molecule has 1 aliphatic heterocycles. The summed E-state index contributed by atoms with van der Waals surface area (Å²) in [7, 11) is 0. The van der Waals surface area contributed by atoms with E-state index in [9.17, 15) is 33.0 Å². The van der Waals surface area contributed by atoms with Crippen molar-refractivity contribution in [3.8, 4) is 5.75 Å². The molecule has 4 rings (SSSR count). The zero-order chi connectivity index (χ0) is 25.9. The third-order valence-corrected chi connectivity index (χ3v) is 5.60. The standard InChI is InChI=1S/C27H21F3N2O4/c28-27(29,30)18-11-7-16(8-12-18)20(17-9-13-19(33)14-10-17)3-1-6-25(35)31-22-4-2-5-23-21(22)15-24(34)26(36)32-23/h1-14,24,33-34H,15H2,(H,31,35)(H,32,36). The molecule has 0 saturated carbocycles. The summed E-state index contributed by atoms with van der Waals surface area (Å²) >= 11 is 0. The number of allylic oxidation sites excluding steroid dienone is 2. The highest BCUT2D eigenvalue weighted by atomic mass is 19.4. The molecule has 1 unspecified atom stereocenters. The highest BCUT2D eigenvalue weighted by Crippen LogP contribution is 2.32. The summed E-state index contributed by atoms with van der Waals surface area (Å²) in [5.41, 5.74) is 2.40. The molecule has 0 spiro atoms. The Balaban J connectivity index is 1.58. The van der Waals surface area contributed by atoms with Gasteiger partial charge < -0.3 is 20.8 Å². The molecule has 0 aliphatic carbocycles. The predicted molar refractivity (Wildman–Crippen MR) is 129 cm³/mol. The average Bonchev–Trinajstić information content (AvgIpc) is 2.83. The van der Waals surface area contributed by atoms with Crippen molar-refractivity contribution in [2.75, 3.05) is 10.6 Å². The van der Waals surface area contributed by atoms with Gasteiger partial charge in [-0.05, 0) is 53.1 Å². The molecular formula is C27H21F3N2O4. The summed E-state index contributed by atoms with van der Waals surface area (Å²) in [6, 6.07) is 15.7. The van der Waals surface area contributed by atoms with Gasteiger partial charge in [0.05, 0.1) is 5.56 Å². The molecule has 0 fully saturated rings. The molecule has 36 heavy (non-hydrogen) atoms. The van der Waals surface area contributed by atoms with Crippen LogP contribution in [0.25, 0.3) is 5.57 Å². The maximum absolute atomic E-state index is 13.0. The number of rotatable bonds is 5. The monoisotopic (exact) mass is 494 g/mol. The van der Waals surface area contributed by atoms with Crippen LogP contribution in [0.3, 0.4) is 0 Å². The zero-order valence-corrected chi connectivity index (χ0v) is 18.7. The highest BCUT2D eigenvalue weighted by molar-refractivity contribution is 6.03. The molecule has 1 heterocycles. The molecule has 0 aromatic heterocycles. The Labute approximate surface area is 204 Å². The minimum atomic E-state index is -4.46. The molecule has 2 amide bonds. The largest absolute Gasteiger partial charge is 0.508 e. The SMILES string of the molecule is O=C(C=CC=C(c1ccc(O)cc1)c1ccc(C(F)(F)F)cc1)Nc1cccc2c1CC(O)C(=O)N2. The summed E-state index contributed by atoms with van der Waals surface area (Å²) in [5, 5.41) is 24.7. The van der Waals surface area contributed by atoms with Crippen LogP contribution < -0.4 is 10.6 Å². The molecule has 4 N–H and O–H groups in total. The van der Waals surface area contributed by atoms with Gasteiger partial charge in [-0.2, -0.15) is 13.2 Å². The first-order chi connectivity index (χ1) is 17.1. The van der Waals surface area contributed by atoms with Crippen LogP contribution in [-0.2, 0) is 22.2 Å². The second-order valence-corrected chi connectivity index (χ2v) is 8.09. The van der Waals surface area contributed by atoms with Gasteiger partial charge in [-0.15, -0.1) is 0 Å². The Kier molecular flexibility index (Phi) is 6.93. The lowest BCUT2D eigenvalue weighted by atomic mass is 9.96. The number of aliphatic hydroxyl groups is 1. The summed E-state index contributed by atoms with van der Waals surface area (Å²) in [5.74, 6) is -0.961. The number of benzene rings is 3. The topological polar surface area (TPSA) is 98.7 Å². The van der Waals surface area contributed by atoms with Crippen LogP contribution in [0.15, 0.2) is 85.0 Å². The molecule has 3 aromatic carbocycles. The van der Waals surface area contributed by atoms with E-state index in [2.05, 4.69) is 10.6 Å². The van der Waals surface area contributed by atoms with Crippen LogP contribution in [0.4, 0.5) is 24.5 Å². The number of aromatic hydroxyl groups is 1. The van der Waals surface area contributed by atoms with Gasteiger partial charge in [-0.1, -0.05) is 42.5 Å². The van der Waals surface area contributed by atoms with Crippen molar-refractivity contribution >= 4 is 28.8 Å². The molecule has 1 atom stereocenters. The van der Waals surface area contributed by atoms with Crippen LogP contribution in [0.2, 0.25) is 0 Å². The van der Waals surface area contributed by atoms with Gasteiger partial charge in [0.25, 0.3) is 5.91 Å². The summed E-state index contributed by atoms with van der Waals surface area (Å²) in [4.78, 5) is 24.2. The maximum atomic E-state index is 13.0. The third-order valence-electron chi connectivity index (χ3n) is 5.60. The van der Waals surface area contributed by atoms with Crippen LogP contribution in [0.5, 0.6) is 5.75 Å². The van der Waals surface area contributed by atoms with Gasteiger partial charge in [0.1, 0.15) is 11.9 Å². The number of phenols is 1. The first-order valence-electron chi connectivity index (χ1n) is 10.9. The van der Waals surface area contributed by atoms with Crippen molar-refractivity contribution < 1.29 is 33.0 Å². The Morgan fingerprint density at radius 3 is 2.28 bits per heavy atom. The second kappa shape index (κ2) is 10.1. The Morgan fingerprint density at radius 1 is 1.00 bits per heavy atom. The van der Waals surface area contributed by atoms with Gasteiger partial charge in [0, 0.05) is 29.4 Å². The average molecular weight is 494 g/mol. The van der Waals surface area contributed by atoms with E-state index in [1.807, 2.05) is 0 Å². The van der Waals surface area contributed by atoms with Gasteiger partial charge in [0.2, 0.25) is 5.91 Å². The van der Waals surface area contributed by atoms with Gasteiger partial charge in [0.15, 0.2) is 0 Å². The predicted octanol–water partition coefficient (Wildman–Crippen LogP) is 4.89. The van der Waals surface area contributed by atoms with E-state index in [-0.39, 0.29) is 12.2 Å². The van der Waals surface area contributed by atoms with Crippen molar-refractivity contribution in [1.29, 1.82) is 0 Å². The number of phenolic OH excluding ortho intramolecular Hbond substituents is 1. The van der Waals surface area contributed by atoms with Crippen molar-refractivity contribution in [3.63, 3.8) is 0 Å². The lowest BCUT2D eigenvalue weighted by molar-refractivity contribution is -0.137. The fourth-order valence-corrected chi connectivity index (χ4v) is 3.79. The summed E-state index contributed by atoms with van der Waals surface area (Å²) in [6.45, 7) is 0. The number of hydrogen-bond acceptors (Lipinski definition) is 4.